The third-order valence-electron chi connectivity index (χ3n) is 2.46. The van der Waals surface area contributed by atoms with Gasteiger partial charge in [0, 0.05) is 9.49 Å². The monoisotopic (exact) mass is 264 g/mol. The quantitative estimate of drug-likeness (QED) is 0.627. The van der Waals surface area contributed by atoms with E-state index in [9.17, 15) is 0 Å². The zero-order valence-corrected chi connectivity index (χ0v) is 12.8. The van der Waals surface area contributed by atoms with Gasteiger partial charge in [0.2, 0.25) is 0 Å². The molecule has 0 saturated carbocycles. The SMILES string of the molecule is CC(C)(CCCN)SSC(C)(C)CCCN. The van der Waals surface area contributed by atoms with Crippen LogP contribution in [0.1, 0.15) is 53.4 Å². The molecule has 0 aliphatic rings. The van der Waals surface area contributed by atoms with Crippen molar-refractivity contribution < 1.29 is 0 Å². The Hall–Kier alpha value is 0.620. The van der Waals surface area contributed by atoms with Crippen molar-refractivity contribution in [1.29, 1.82) is 0 Å². The molecule has 0 atom stereocenters. The van der Waals surface area contributed by atoms with Crippen molar-refractivity contribution in [2.45, 2.75) is 62.9 Å². The summed E-state index contributed by atoms with van der Waals surface area (Å²) in [5.41, 5.74) is 11.1. The fourth-order valence-electron chi connectivity index (χ4n) is 1.36. The molecule has 0 aromatic carbocycles. The van der Waals surface area contributed by atoms with E-state index in [1.165, 1.54) is 12.8 Å². The predicted octanol–water partition coefficient (Wildman–Crippen LogP) is 3.40. The number of nitrogens with two attached hydrogens (primary N) is 2. The Kier molecular flexibility index (Phi) is 8.16. The van der Waals surface area contributed by atoms with E-state index in [2.05, 4.69) is 27.7 Å². The Bertz CT molecular complexity index is 162. The molecule has 0 aromatic rings. The van der Waals surface area contributed by atoms with Crippen LogP contribution in [0.4, 0.5) is 0 Å². The highest BCUT2D eigenvalue weighted by Crippen LogP contribution is 2.46. The van der Waals surface area contributed by atoms with Crippen LogP contribution >= 0.6 is 21.6 Å². The van der Waals surface area contributed by atoms with Crippen LogP contribution in [-0.4, -0.2) is 22.6 Å². The summed E-state index contributed by atoms with van der Waals surface area (Å²) < 4.78 is 0.647. The Balaban J connectivity index is 3.91. The lowest BCUT2D eigenvalue weighted by Gasteiger charge is -2.29. The summed E-state index contributed by atoms with van der Waals surface area (Å²) in [5.74, 6) is 0. The molecule has 16 heavy (non-hydrogen) atoms. The van der Waals surface area contributed by atoms with Gasteiger partial charge in [0.05, 0.1) is 0 Å². The van der Waals surface area contributed by atoms with Gasteiger partial charge in [-0.05, 0) is 66.5 Å². The van der Waals surface area contributed by atoms with Gasteiger partial charge in [0.15, 0.2) is 0 Å². The second-order valence-electron chi connectivity index (χ2n) is 5.47. The van der Waals surface area contributed by atoms with Crippen LogP contribution < -0.4 is 11.5 Å². The highest BCUT2D eigenvalue weighted by atomic mass is 33.1. The minimum Gasteiger partial charge on any atom is -0.330 e. The highest BCUT2D eigenvalue weighted by Gasteiger charge is 2.25. The largest absolute Gasteiger partial charge is 0.330 e. The molecular formula is C12H28N2S2. The Morgan fingerprint density at radius 3 is 1.31 bits per heavy atom. The lowest BCUT2D eigenvalue weighted by atomic mass is 10.1. The van der Waals surface area contributed by atoms with E-state index in [0.29, 0.717) is 9.49 Å². The van der Waals surface area contributed by atoms with Crippen LogP contribution in [0.2, 0.25) is 0 Å². The topological polar surface area (TPSA) is 52.0 Å². The zero-order valence-electron chi connectivity index (χ0n) is 11.2. The van der Waals surface area contributed by atoms with Crippen molar-refractivity contribution >= 4 is 21.6 Å². The summed E-state index contributed by atoms with van der Waals surface area (Å²) in [6.07, 6.45) is 4.61. The molecule has 4 N–H and O–H groups in total. The molecule has 0 rings (SSSR count). The van der Waals surface area contributed by atoms with Gasteiger partial charge in [0.25, 0.3) is 0 Å². The Morgan fingerprint density at radius 2 is 1.06 bits per heavy atom. The van der Waals surface area contributed by atoms with Crippen molar-refractivity contribution in [3.8, 4) is 0 Å². The molecule has 0 bridgehead atoms. The summed E-state index contributed by atoms with van der Waals surface area (Å²) >= 11 is 0. The summed E-state index contributed by atoms with van der Waals surface area (Å²) in [6, 6.07) is 0. The zero-order chi connectivity index (χ0) is 12.7. The first kappa shape index (κ1) is 16.6. The first-order chi connectivity index (χ1) is 7.33. The molecule has 2 nitrogen and oxygen atoms in total. The molecule has 4 heteroatoms. The summed E-state index contributed by atoms with van der Waals surface area (Å²) in [7, 11) is 3.99. The Morgan fingerprint density at radius 1 is 0.750 bits per heavy atom. The predicted molar refractivity (Wildman–Crippen MR) is 79.9 cm³/mol. The van der Waals surface area contributed by atoms with E-state index in [-0.39, 0.29) is 0 Å². The van der Waals surface area contributed by atoms with E-state index >= 15 is 0 Å². The molecule has 98 valence electrons. The minimum atomic E-state index is 0.323. The normalized spacial score (nSPS) is 13.1. The van der Waals surface area contributed by atoms with Gasteiger partial charge in [0.1, 0.15) is 0 Å². The second kappa shape index (κ2) is 7.85. The molecule has 0 saturated heterocycles. The average Bonchev–Trinajstić information content (AvgIpc) is 2.22. The first-order valence-corrected chi connectivity index (χ1v) is 8.25. The molecule has 0 spiro atoms. The lowest BCUT2D eigenvalue weighted by Crippen LogP contribution is -2.20. The van der Waals surface area contributed by atoms with Crippen LogP contribution in [0.5, 0.6) is 0 Å². The summed E-state index contributed by atoms with van der Waals surface area (Å²) in [4.78, 5) is 0. The van der Waals surface area contributed by atoms with Gasteiger partial charge >= 0.3 is 0 Å². The van der Waals surface area contributed by atoms with Crippen LogP contribution in [-0.2, 0) is 0 Å². The number of hydrogen-bond acceptors (Lipinski definition) is 4. The standard InChI is InChI=1S/C12H28N2S2/c1-11(2,7-5-9-13)15-16-12(3,4)8-6-10-14/h5-10,13-14H2,1-4H3. The fourth-order valence-corrected chi connectivity index (χ4v) is 4.12. The van der Waals surface area contributed by atoms with Gasteiger partial charge in [-0.2, -0.15) is 0 Å². The van der Waals surface area contributed by atoms with E-state index < -0.39 is 0 Å². The van der Waals surface area contributed by atoms with Crippen molar-refractivity contribution in [3.63, 3.8) is 0 Å². The Labute approximate surface area is 109 Å². The first-order valence-electron chi connectivity index (χ1n) is 6.10. The van der Waals surface area contributed by atoms with Crippen LogP contribution in [0.25, 0.3) is 0 Å². The molecule has 0 amide bonds. The van der Waals surface area contributed by atoms with Crippen molar-refractivity contribution in [2.24, 2.45) is 11.5 Å². The van der Waals surface area contributed by atoms with Gasteiger partial charge < -0.3 is 11.5 Å². The fraction of sp³-hybridized carbons (Fsp3) is 1.00. The average molecular weight is 265 g/mol. The lowest BCUT2D eigenvalue weighted by molar-refractivity contribution is 0.604. The van der Waals surface area contributed by atoms with E-state index in [1.54, 1.807) is 0 Å². The van der Waals surface area contributed by atoms with Crippen molar-refractivity contribution in [3.05, 3.63) is 0 Å². The third kappa shape index (κ3) is 8.74. The van der Waals surface area contributed by atoms with Gasteiger partial charge in [-0.1, -0.05) is 21.6 Å². The van der Waals surface area contributed by atoms with Crippen molar-refractivity contribution in [2.75, 3.05) is 13.1 Å². The highest BCUT2D eigenvalue weighted by molar-refractivity contribution is 8.77. The number of hydrogen-bond donors (Lipinski definition) is 2. The molecule has 0 radical (unpaired) electrons. The second-order valence-corrected chi connectivity index (χ2v) is 9.01. The third-order valence-corrected chi connectivity index (χ3v) is 6.81. The maximum absolute atomic E-state index is 5.55. The van der Waals surface area contributed by atoms with E-state index in [4.69, 9.17) is 11.5 Å². The number of rotatable bonds is 9. The smallest absolute Gasteiger partial charge is 0.0208 e. The molecule has 0 fully saturated rings. The maximum atomic E-state index is 5.55. The molecule has 0 aliphatic carbocycles. The van der Waals surface area contributed by atoms with Gasteiger partial charge in [-0.3, -0.25) is 0 Å². The summed E-state index contributed by atoms with van der Waals surface area (Å²) in [6.45, 7) is 10.8. The van der Waals surface area contributed by atoms with Crippen LogP contribution in [0, 0.1) is 0 Å². The van der Waals surface area contributed by atoms with E-state index in [1.807, 2.05) is 21.6 Å². The van der Waals surface area contributed by atoms with Crippen LogP contribution in [0.15, 0.2) is 0 Å². The maximum Gasteiger partial charge on any atom is 0.0208 e. The molecular weight excluding hydrogens is 236 g/mol. The molecule has 0 unspecified atom stereocenters. The molecule has 0 aromatic heterocycles. The van der Waals surface area contributed by atoms with Gasteiger partial charge in [-0.25, -0.2) is 0 Å². The van der Waals surface area contributed by atoms with Crippen molar-refractivity contribution in [1.82, 2.24) is 0 Å². The summed E-state index contributed by atoms with van der Waals surface area (Å²) in [5, 5.41) is 0. The van der Waals surface area contributed by atoms with E-state index in [0.717, 1.165) is 25.9 Å². The van der Waals surface area contributed by atoms with Gasteiger partial charge in [-0.15, -0.1) is 0 Å². The minimum absolute atomic E-state index is 0.323. The molecule has 0 aliphatic heterocycles. The molecule has 0 heterocycles. The van der Waals surface area contributed by atoms with Crippen LogP contribution in [0.3, 0.4) is 0 Å².